The second kappa shape index (κ2) is 6.12. The second-order valence-corrected chi connectivity index (χ2v) is 11.3. The van der Waals surface area contributed by atoms with Crippen LogP contribution in [0.2, 0.25) is 0 Å². The third kappa shape index (κ3) is 3.17. The number of nitrogens with zero attached hydrogens (tertiary/aromatic N) is 4. The summed E-state index contributed by atoms with van der Waals surface area (Å²) >= 11 is 0. The molecule has 1 aromatic heterocycles. The fourth-order valence-corrected chi connectivity index (χ4v) is 7.14. The van der Waals surface area contributed by atoms with Gasteiger partial charge < -0.3 is 9.64 Å². The summed E-state index contributed by atoms with van der Waals surface area (Å²) in [5.41, 5.74) is 0.257. The highest BCUT2D eigenvalue weighted by Gasteiger charge is 2.57. The van der Waals surface area contributed by atoms with E-state index in [0.717, 1.165) is 39.0 Å². The quantitative estimate of drug-likeness (QED) is 0.719. The number of ether oxygens (including phenoxy) is 1. The largest absolute Gasteiger partial charge is 0.451 e. The molecule has 0 atom stereocenters. The van der Waals surface area contributed by atoms with Crippen molar-refractivity contribution in [3.8, 4) is 0 Å². The lowest BCUT2D eigenvalue weighted by atomic mass is 9.60. The van der Waals surface area contributed by atoms with Gasteiger partial charge >= 0.3 is 6.18 Å². The van der Waals surface area contributed by atoms with Crippen LogP contribution in [-0.2, 0) is 20.9 Å². The molecule has 1 aromatic rings. The molecule has 0 bridgehead atoms. The van der Waals surface area contributed by atoms with Crippen LogP contribution in [0.15, 0.2) is 11.1 Å². The second-order valence-electron chi connectivity index (χ2n) is 9.35. The van der Waals surface area contributed by atoms with Crippen LogP contribution in [0.4, 0.5) is 13.2 Å². The number of halogens is 3. The molecular weight excluding hydrogens is 409 g/mol. The first-order chi connectivity index (χ1) is 13.5. The van der Waals surface area contributed by atoms with E-state index in [9.17, 15) is 21.6 Å². The molecular formula is C18H23F3N4O3S. The van der Waals surface area contributed by atoms with Crippen molar-refractivity contribution < 1.29 is 26.3 Å². The first-order valence-corrected chi connectivity index (χ1v) is 11.2. The monoisotopic (exact) mass is 432 g/mol. The van der Waals surface area contributed by atoms with E-state index >= 15 is 0 Å². The maximum Gasteiger partial charge on any atom is 0.451 e. The van der Waals surface area contributed by atoms with Crippen LogP contribution in [0.25, 0.3) is 0 Å². The minimum Gasteiger partial charge on any atom is -0.380 e. The van der Waals surface area contributed by atoms with Crippen molar-refractivity contribution in [1.29, 1.82) is 0 Å². The van der Waals surface area contributed by atoms with Crippen LogP contribution in [-0.4, -0.2) is 73.5 Å². The highest BCUT2D eigenvalue weighted by Crippen LogP contribution is 2.52. The Morgan fingerprint density at radius 2 is 1.83 bits per heavy atom. The third-order valence-electron chi connectivity index (χ3n) is 6.72. The van der Waals surface area contributed by atoms with Crippen molar-refractivity contribution >= 4 is 10.0 Å². The SMILES string of the molecule is Cc1nc(C(F)(F)F)ncc1S(=O)(=O)N1CC2(CN(CC3CC4(COC4)C3)C2)C1. The van der Waals surface area contributed by atoms with Crippen LogP contribution >= 0.6 is 0 Å². The number of hydrogen-bond acceptors (Lipinski definition) is 6. The van der Waals surface area contributed by atoms with Gasteiger partial charge in [-0.2, -0.15) is 17.5 Å². The van der Waals surface area contributed by atoms with E-state index in [1.807, 2.05) is 0 Å². The highest BCUT2D eigenvalue weighted by molar-refractivity contribution is 7.89. The molecule has 0 N–H and O–H groups in total. The fourth-order valence-electron chi connectivity index (χ4n) is 5.37. The smallest absolute Gasteiger partial charge is 0.380 e. The average molecular weight is 432 g/mol. The highest BCUT2D eigenvalue weighted by atomic mass is 32.2. The molecule has 160 valence electrons. The van der Waals surface area contributed by atoms with Gasteiger partial charge in [-0.25, -0.2) is 18.4 Å². The van der Waals surface area contributed by atoms with E-state index in [1.165, 1.54) is 24.1 Å². The Morgan fingerprint density at radius 3 is 2.34 bits per heavy atom. The van der Waals surface area contributed by atoms with E-state index in [4.69, 9.17) is 4.74 Å². The third-order valence-corrected chi connectivity index (χ3v) is 8.62. The molecule has 4 aliphatic rings. The van der Waals surface area contributed by atoms with Crippen molar-refractivity contribution in [3.63, 3.8) is 0 Å². The Hall–Kier alpha value is -1.30. The molecule has 29 heavy (non-hydrogen) atoms. The molecule has 4 heterocycles. The van der Waals surface area contributed by atoms with E-state index in [0.29, 0.717) is 24.4 Å². The summed E-state index contributed by atoms with van der Waals surface area (Å²) in [6.45, 7) is 6.66. The van der Waals surface area contributed by atoms with Crippen molar-refractivity contribution in [3.05, 3.63) is 17.7 Å². The molecule has 11 heteroatoms. The van der Waals surface area contributed by atoms with Crippen LogP contribution in [0, 0.1) is 23.7 Å². The standard InChI is InChI=1S/C18H23F3N4O3S/c1-12-14(4-22-15(23-12)18(19,20)21)29(26,27)25-8-17(9-25)6-24(7-17)5-13-2-16(3-13)10-28-11-16/h4,13H,2-3,5-11H2,1H3. The Kier molecular flexibility index (Phi) is 4.14. The molecule has 3 saturated heterocycles. The summed E-state index contributed by atoms with van der Waals surface area (Å²) in [4.78, 5) is 8.69. The van der Waals surface area contributed by atoms with Crippen LogP contribution in [0.3, 0.4) is 0 Å². The average Bonchev–Trinajstić information content (AvgIpc) is 2.46. The summed E-state index contributed by atoms with van der Waals surface area (Å²) in [6.07, 6.45) is -1.47. The Labute approximate surface area is 167 Å². The lowest BCUT2D eigenvalue weighted by Crippen LogP contribution is -2.73. The molecule has 0 unspecified atom stereocenters. The zero-order valence-corrected chi connectivity index (χ0v) is 16.9. The summed E-state index contributed by atoms with van der Waals surface area (Å²) in [5.74, 6) is -0.613. The summed E-state index contributed by atoms with van der Waals surface area (Å²) in [6, 6.07) is 0. The van der Waals surface area contributed by atoms with Gasteiger partial charge in [-0.1, -0.05) is 0 Å². The van der Waals surface area contributed by atoms with Gasteiger partial charge in [-0.3, -0.25) is 0 Å². The minimum atomic E-state index is -4.70. The van der Waals surface area contributed by atoms with Gasteiger partial charge in [-0.15, -0.1) is 0 Å². The number of hydrogen-bond donors (Lipinski definition) is 0. The van der Waals surface area contributed by atoms with E-state index in [-0.39, 0.29) is 16.0 Å². The Bertz CT molecular complexity index is 926. The van der Waals surface area contributed by atoms with Gasteiger partial charge in [0.1, 0.15) is 4.90 Å². The van der Waals surface area contributed by atoms with Crippen LogP contribution in [0.1, 0.15) is 24.4 Å². The number of rotatable bonds is 4. The number of likely N-dealkylation sites (tertiary alicyclic amines) is 1. The molecule has 2 spiro atoms. The molecule has 0 radical (unpaired) electrons. The molecule has 4 fully saturated rings. The van der Waals surface area contributed by atoms with E-state index < -0.39 is 22.0 Å². The van der Waals surface area contributed by atoms with E-state index in [1.54, 1.807) is 0 Å². The maximum atomic E-state index is 12.8. The number of alkyl halides is 3. The van der Waals surface area contributed by atoms with Gasteiger partial charge in [0.2, 0.25) is 15.8 Å². The lowest BCUT2D eigenvalue weighted by molar-refractivity contribution is -0.188. The fraction of sp³-hybridized carbons (Fsp3) is 0.778. The Morgan fingerprint density at radius 1 is 1.17 bits per heavy atom. The number of aromatic nitrogens is 2. The van der Waals surface area contributed by atoms with Crippen molar-refractivity contribution in [2.24, 2.45) is 16.7 Å². The predicted octanol–water partition coefficient (Wildman–Crippen LogP) is 1.54. The van der Waals surface area contributed by atoms with Crippen LogP contribution in [0.5, 0.6) is 0 Å². The Balaban J connectivity index is 1.16. The van der Waals surface area contributed by atoms with Crippen LogP contribution < -0.4 is 0 Å². The summed E-state index contributed by atoms with van der Waals surface area (Å²) in [5, 5.41) is 0. The molecule has 7 nitrogen and oxygen atoms in total. The minimum absolute atomic E-state index is 0.0191. The molecule has 3 aliphatic heterocycles. The molecule has 0 aromatic carbocycles. The first kappa shape index (κ1) is 19.7. The normalized spacial score (nSPS) is 26.6. The zero-order chi connectivity index (χ0) is 20.7. The maximum absolute atomic E-state index is 12.8. The van der Waals surface area contributed by atoms with Crippen molar-refractivity contribution in [2.45, 2.75) is 30.8 Å². The topological polar surface area (TPSA) is 75.6 Å². The number of sulfonamides is 1. The molecule has 1 aliphatic carbocycles. The summed E-state index contributed by atoms with van der Waals surface area (Å²) < 4.78 is 70.4. The van der Waals surface area contributed by atoms with Gasteiger partial charge in [0.05, 0.1) is 25.1 Å². The first-order valence-electron chi connectivity index (χ1n) is 9.72. The van der Waals surface area contributed by atoms with Gasteiger partial charge in [0, 0.05) is 43.6 Å². The van der Waals surface area contributed by atoms with Gasteiger partial charge in [-0.05, 0) is 25.7 Å². The predicted molar refractivity (Wildman–Crippen MR) is 95.4 cm³/mol. The van der Waals surface area contributed by atoms with E-state index in [2.05, 4.69) is 14.9 Å². The van der Waals surface area contributed by atoms with Crippen molar-refractivity contribution in [2.75, 3.05) is 45.9 Å². The molecule has 5 rings (SSSR count). The number of aryl methyl sites for hydroxylation is 1. The zero-order valence-electron chi connectivity index (χ0n) is 16.1. The van der Waals surface area contributed by atoms with Crippen molar-refractivity contribution in [1.82, 2.24) is 19.2 Å². The van der Waals surface area contributed by atoms with Gasteiger partial charge in [0.25, 0.3) is 0 Å². The van der Waals surface area contributed by atoms with Gasteiger partial charge in [0.15, 0.2) is 0 Å². The lowest BCUT2D eigenvalue weighted by Gasteiger charge is -2.61. The molecule has 0 amide bonds. The molecule has 1 saturated carbocycles. The summed E-state index contributed by atoms with van der Waals surface area (Å²) in [7, 11) is -3.88.